The highest BCUT2D eigenvalue weighted by molar-refractivity contribution is 7.18. The van der Waals surface area contributed by atoms with E-state index in [1.165, 1.54) is 10.4 Å². The highest BCUT2D eigenvalue weighted by Crippen LogP contribution is 2.42. The van der Waals surface area contributed by atoms with Crippen LogP contribution >= 0.6 is 11.3 Å². The molecule has 2 N–H and O–H groups in total. The Morgan fingerprint density at radius 3 is 2.66 bits per heavy atom. The molecule has 3 aromatic rings. The fourth-order valence-corrected chi connectivity index (χ4v) is 5.32. The molecule has 0 bridgehead atoms. The Balaban J connectivity index is 1.90. The van der Waals surface area contributed by atoms with Crippen molar-refractivity contribution in [3.05, 3.63) is 63.4 Å². The van der Waals surface area contributed by atoms with Gasteiger partial charge in [0.25, 0.3) is 5.56 Å². The molecule has 1 aliphatic rings. The van der Waals surface area contributed by atoms with Crippen LogP contribution < -0.4 is 16.4 Å². The van der Waals surface area contributed by atoms with Gasteiger partial charge in [-0.3, -0.25) is 10.2 Å². The number of aromatic nitrogens is 2. The van der Waals surface area contributed by atoms with E-state index in [-0.39, 0.29) is 11.0 Å². The van der Waals surface area contributed by atoms with Crippen LogP contribution in [0.25, 0.3) is 15.9 Å². The molecular weight excluding hydrogens is 380 g/mol. The van der Waals surface area contributed by atoms with Crippen LogP contribution in [0, 0.1) is 11.3 Å². The summed E-state index contributed by atoms with van der Waals surface area (Å²) in [5, 5.41) is 0.780. The Morgan fingerprint density at radius 2 is 2.00 bits per heavy atom. The van der Waals surface area contributed by atoms with Crippen LogP contribution in [0.3, 0.4) is 0 Å². The first-order valence-electron chi connectivity index (χ1n) is 10.1. The number of thiophene rings is 1. The fourth-order valence-electron chi connectivity index (χ4n) is 4.03. The second-order valence-electron chi connectivity index (χ2n) is 8.93. The van der Waals surface area contributed by atoms with E-state index in [2.05, 4.69) is 38.2 Å². The number of anilines is 1. The molecule has 1 aromatic carbocycles. The predicted molar refractivity (Wildman–Crippen MR) is 122 cm³/mol. The van der Waals surface area contributed by atoms with E-state index in [1.54, 1.807) is 15.9 Å². The monoisotopic (exact) mass is 408 g/mol. The van der Waals surface area contributed by atoms with E-state index in [4.69, 9.17) is 4.98 Å². The van der Waals surface area contributed by atoms with Crippen molar-refractivity contribution < 1.29 is 0 Å². The third kappa shape index (κ3) is 3.69. The quantitative estimate of drug-likeness (QED) is 0.593. The van der Waals surface area contributed by atoms with E-state index < -0.39 is 0 Å². The summed E-state index contributed by atoms with van der Waals surface area (Å²) in [7, 11) is 0. The number of aryl methyl sites for hydroxylation is 1. The summed E-state index contributed by atoms with van der Waals surface area (Å²) < 4.78 is 1.65. The lowest BCUT2D eigenvalue weighted by Gasteiger charge is -2.33. The van der Waals surface area contributed by atoms with Crippen LogP contribution in [-0.2, 0) is 12.8 Å². The van der Waals surface area contributed by atoms with Gasteiger partial charge in [0, 0.05) is 10.6 Å². The van der Waals surface area contributed by atoms with Crippen molar-refractivity contribution in [1.29, 1.82) is 0 Å². The highest BCUT2D eigenvalue weighted by atomic mass is 32.1. The van der Waals surface area contributed by atoms with Crippen molar-refractivity contribution in [1.82, 2.24) is 15.0 Å². The second-order valence-corrected chi connectivity index (χ2v) is 10.0. The number of rotatable bonds is 4. The van der Waals surface area contributed by atoms with Gasteiger partial charge in [0.1, 0.15) is 4.83 Å². The van der Waals surface area contributed by atoms with Gasteiger partial charge in [-0.2, -0.15) is 0 Å². The maximum atomic E-state index is 13.6. The molecule has 2 aromatic heterocycles. The van der Waals surface area contributed by atoms with E-state index in [9.17, 15) is 4.79 Å². The van der Waals surface area contributed by atoms with Crippen molar-refractivity contribution in [2.45, 2.75) is 47.0 Å². The minimum Gasteiger partial charge on any atom is -0.303 e. The summed E-state index contributed by atoms with van der Waals surface area (Å²) in [6, 6.07) is 9.65. The zero-order valence-electron chi connectivity index (χ0n) is 17.5. The van der Waals surface area contributed by atoms with Gasteiger partial charge >= 0.3 is 0 Å². The number of hydrogen-bond donors (Lipinski definition) is 2. The summed E-state index contributed by atoms with van der Waals surface area (Å²) >= 11 is 1.67. The van der Waals surface area contributed by atoms with Crippen molar-refractivity contribution in [2.75, 3.05) is 5.43 Å². The average molecular weight is 409 g/mol. The van der Waals surface area contributed by atoms with Crippen LogP contribution in [0.15, 0.2) is 47.4 Å². The number of fused-ring (bicyclic) bond motifs is 3. The zero-order chi connectivity index (χ0) is 20.8. The Labute approximate surface area is 175 Å². The first-order chi connectivity index (χ1) is 13.8. The van der Waals surface area contributed by atoms with E-state index in [1.807, 2.05) is 37.3 Å². The molecule has 152 valence electrons. The molecule has 1 atom stereocenters. The van der Waals surface area contributed by atoms with Gasteiger partial charge in [-0.15, -0.1) is 11.3 Å². The van der Waals surface area contributed by atoms with Gasteiger partial charge in [-0.05, 0) is 55.2 Å². The number of nitrogens with zero attached hydrogens (tertiary/aromatic N) is 2. The largest absolute Gasteiger partial charge is 0.303 e. The summed E-state index contributed by atoms with van der Waals surface area (Å²) in [6.45, 7) is 12.6. The van der Waals surface area contributed by atoms with Crippen molar-refractivity contribution in [3.63, 3.8) is 0 Å². The van der Waals surface area contributed by atoms with Gasteiger partial charge in [0.15, 0.2) is 0 Å². The third-order valence-electron chi connectivity index (χ3n) is 5.71. The number of benzene rings is 1. The summed E-state index contributed by atoms with van der Waals surface area (Å²) in [5.41, 5.74) is 9.05. The SMILES string of the molecule is C=C(C)NNc1nc2sc3c(c2c(=O)n1-c1ccccc1)CC[C@H](C(C)(C)C)C3. The molecular formula is C23H28N4OS. The first-order valence-corrected chi connectivity index (χ1v) is 10.9. The molecule has 2 heterocycles. The van der Waals surface area contributed by atoms with Crippen LogP contribution in [0.4, 0.5) is 5.95 Å². The van der Waals surface area contributed by atoms with Gasteiger partial charge in [0.2, 0.25) is 5.95 Å². The minimum absolute atomic E-state index is 0.0149. The molecule has 0 spiro atoms. The maximum Gasteiger partial charge on any atom is 0.268 e. The maximum absolute atomic E-state index is 13.6. The molecule has 1 aliphatic carbocycles. The molecule has 0 saturated heterocycles. The summed E-state index contributed by atoms with van der Waals surface area (Å²) in [6.07, 6.45) is 3.08. The molecule has 0 amide bonds. The van der Waals surface area contributed by atoms with E-state index in [0.717, 1.165) is 40.9 Å². The Bertz CT molecular complexity index is 1120. The lowest BCUT2D eigenvalue weighted by atomic mass is 9.72. The van der Waals surface area contributed by atoms with Gasteiger partial charge in [-0.25, -0.2) is 9.55 Å². The third-order valence-corrected chi connectivity index (χ3v) is 6.86. The summed E-state index contributed by atoms with van der Waals surface area (Å²) in [5.74, 6) is 1.10. The van der Waals surface area contributed by atoms with Gasteiger partial charge < -0.3 is 5.43 Å². The van der Waals surface area contributed by atoms with Crippen molar-refractivity contribution >= 4 is 27.5 Å². The Hall–Kier alpha value is -2.60. The molecule has 0 radical (unpaired) electrons. The van der Waals surface area contributed by atoms with Crippen LogP contribution in [0.5, 0.6) is 0 Å². The molecule has 0 aliphatic heterocycles. The Morgan fingerprint density at radius 1 is 1.28 bits per heavy atom. The number of para-hydroxylation sites is 1. The first kappa shape index (κ1) is 19.7. The van der Waals surface area contributed by atoms with E-state index >= 15 is 0 Å². The number of hydrazine groups is 1. The normalized spacial score (nSPS) is 16.5. The van der Waals surface area contributed by atoms with Gasteiger partial charge in [0.05, 0.1) is 11.1 Å². The summed E-state index contributed by atoms with van der Waals surface area (Å²) in [4.78, 5) is 20.6. The zero-order valence-corrected chi connectivity index (χ0v) is 18.3. The molecule has 0 unspecified atom stereocenters. The lowest BCUT2D eigenvalue weighted by Crippen LogP contribution is -2.29. The van der Waals surface area contributed by atoms with Crippen LogP contribution in [0.1, 0.15) is 44.6 Å². The van der Waals surface area contributed by atoms with Gasteiger partial charge in [-0.1, -0.05) is 45.5 Å². The predicted octanol–water partition coefficient (Wildman–Crippen LogP) is 5.05. The fraction of sp³-hybridized carbons (Fsp3) is 0.391. The average Bonchev–Trinajstić information content (AvgIpc) is 3.04. The lowest BCUT2D eigenvalue weighted by molar-refractivity contribution is 0.218. The molecule has 5 nitrogen and oxygen atoms in total. The minimum atomic E-state index is -0.0149. The number of hydrogen-bond acceptors (Lipinski definition) is 5. The molecule has 6 heteroatoms. The van der Waals surface area contributed by atoms with Crippen LogP contribution in [0.2, 0.25) is 0 Å². The highest BCUT2D eigenvalue weighted by Gasteiger charge is 2.32. The van der Waals surface area contributed by atoms with Crippen molar-refractivity contribution in [2.24, 2.45) is 11.3 Å². The smallest absolute Gasteiger partial charge is 0.268 e. The molecule has 29 heavy (non-hydrogen) atoms. The Kier molecular flexibility index (Phi) is 4.99. The molecule has 4 rings (SSSR count). The topological polar surface area (TPSA) is 59.0 Å². The molecule has 0 fully saturated rings. The molecule has 0 saturated carbocycles. The van der Waals surface area contributed by atoms with Crippen molar-refractivity contribution in [3.8, 4) is 5.69 Å². The van der Waals surface area contributed by atoms with Crippen LogP contribution in [-0.4, -0.2) is 9.55 Å². The standard InChI is InChI=1S/C23H28N4OS/c1-14(2)25-26-22-24-20-19(21(28)27(22)16-9-7-6-8-10-16)17-12-11-15(23(3,4)5)13-18(17)29-20/h6-10,15,25H,1,11-13H2,2-5H3,(H,24,26)/t15-/m0/s1. The number of nitrogens with one attached hydrogen (secondary N) is 2. The number of allylic oxidation sites excluding steroid dienone is 1. The second kappa shape index (κ2) is 7.34. The van der Waals surface area contributed by atoms with E-state index in [0.29, 0.717) is 11.9 Å².